The van der Waals surface area contributed by atoms with Crippen LogP contribution in [0.25, 0.3) is 10.9 Å². The molecule has 0 aliphatic heterocycles. The van der Waals surface area contributed by atoms with Gasteiger partial charge in [-0.15, -0.1) is 0 Å². The first kappa shape index (κ1) is 29.7. The second-order valence-corrected chi connectivity index (χ2v) is 9.83. The van der Waals surface area contributed by atoms with E-state index in [0.717, 1.165) is 16.5 Å². The number of carbonyl (C=O) groups excluding carboxylic acids is 3. The average molecular weight is 558 g/mol. The Morgan fingerprint density at radius 2 is 1.74 bits per heavy atom. The van der Waals surface area contributed by atoms with E-state index in [4.69, 9.17) is 5.73 Å². The number of carboxylic acids is 1. The molecule has 0 spiro atoms. The fourth-order valence-corrected chi connectivity index (χ4v) is 4.29. The molecule has 5 unspecified atom stereocenters. The fourth-order valence-electron chi connectivity index (χ4n) is 4.12. The van der Waals surface area contributed by atoms with Crippen LogP contribution in [0.3, 0.4) is 0 Å². The van der Waals surface area contributed by atoms with E-state index < -0.39 is 47.9 Å². The molecule has 1 aromatic carbocycles. The highest BCUT2D eigenvalue weighted by molar-refractivity contribution is 7.80. The van der Waals surface area contributed by atoms with E-state index in [9.17, 15) is 24.3 Å². The number of hydrogen-bond donors (Lipinski definition) is 8. The van der Waals surface area contributed by atoms with E-state index in [2.05, 4.69) is 43.5 Å². The number of H-pyrrole nitrogens is 2. The summed E-state index contributed by atoms with van der Waals surface area (Å²) in [6.07, 6.45) is 5.31. The summed E-state index contributed by atoms with van der Waals surface area (Å²) in [6, 6.07) is 3.28. The molecule has 8 N–H and O–H groups in total. The molecule has 0 fully saturated rings. The van der Waals surface area contributed by atoms with Crippen LogP contribution in [0.5, 0.6) is 0 Å². The molecular formula is C26H35N7O5S. The van der Waals surface area contributed by atoms with Gasteiger partial charge in [0, 0.05) is 47.6 Å². The van der Waals surface area contributed by atoms with Gasteiger partial charge >= 0.3 is 5.97 Å². The molecule has 0 aliphatic carbocycles. The van der Waals surface area contributed by atoms with Crippen molar-refractivity contribution in [2.45, 2.75) is 57.3 Å². The maximum absolute atomic E-state index is 13.6. The number of para-hydroxylation sites is 1. The van der Waals surface area contributed by atoms with Gasteiger partial charge in [-0.25, -0.2) is 9.78 Å². The summed E-state index contributed by atoms with van der Waals surface area (Å²) in [7, 11) is 0. The monoisotopic (exact) mass is 557 g/mol. The Morgan fingerprint density at radius 1 is 1.03 bits per heavy atom. The number of amides is 3. The summed E-state index contributed by atoms with van der Waals surface area (Å²) in [5, 5.41) is 18.5. The number of benzene rings is 1. The molecule has 13 heteroatoms. The molecule has 0 aliphatic rings. The summed E-state index contributed by atoms with van der Waals surface area (Å²) in [5.41, 5.74) is 8.04. The van der Waals surface area contributed by atoms with Crippen molar-refractivity contribution in [3.8, 4) is 0 Å². The highest BCUT2D eigenvalue weighted by atomic mass is 32.1. The average Bonchev–Trinajstić information content (AvgIpc) is 3.59. The standard InChI is InChI=1S/C26H35N7O5S/c1-3-14(2)22(25(36)32-21(26(37)38)9-16-11-28-13-30-16)33-24(35)20(31-23(34)18(27)12-39)8-15-10-29-19-7-5-4-6-17(15)19/h4-7,10-11,13-14,18,20-22,29,39H,3,8-9,12,27H2,1-2H3,(H,28,30)(H,31,34)(H,32,36)(H,33,35)(H,37,38). The van der Waals surface area contributed by atoms with E-state index in [1.165, 1.54) is 12.5 Å². The zero-order valence-corrected chi connectivity index (χ0v) is 22.7. The third-order valence-electron chi connectivity index (χ3n) is 6.65. The van der Waals surface area contributed by atoms with E-state index in [1.54, 1.807) is 13.1 Å². The van der Waals surface area contributed by atoms with Crippen LogP contribution in [0.15, 0.2) is 43.0 Å². The fraction of sp³-hybridized carbons (Fsp3) is 0.423. The summed E-state index contributed by atoms with van der Waals surface area (Å²) >= 11 is 4.07. The summed E-state index contributed by atoms with van der Waals surface area (Å²) in [5.74, 6) is -3.27. The van der Waals surface area contributed by atoms with Crippen molar-refractivity contribution >= 4 is 47.2 Å². The first-order chi connectivity index (χ1) is 18.6. The van der Waals surface area contributed by atoms with Crippen molar-refractivity contribution in [3.63, 3.8) is 0 Å². The number of aromatic amines is 2. The van der Waals surface area contributed by atoms with Gasteiger partial charge in [0.25, 0.3) is 0 Å². The van der Waals surface area contributed by atoms with Crippen molar-refractivity contribution in [3.05, 3.63) is 54.2 Å². The van der Waals surface area contributed by atoms with Crippen LogP contribution in [-0.2, 0) is 32.0 Å². The van der Waals surface area contributed by atoms with E-state index >= 15 is 0 Å². The Bertz CT molecular complexity index is 1280. The summed E-state index contributed by atoms with van der Waals surface area (Å²) in [4.78, 5) is 61.2. The number of fused-ring (bicyclic) bond motifs is 1. The normalized spacial score (nSPS) is 15.1. The van der Waals surface area contributed by atoms with Gasteiger partial charge in [-0.2, -0.15) is 12.6 Å². The third-order valence-corrected chi connectivity index (χ3v) is 7.05. The van der Waals surface area contributed by atoms with Crippen molar-refractivity contribution in [1.82, 2.24) is 30.9 Å². The quantitative estimate of drug-likeness (QED) is 0.132. The Kier molecular flexibility index (Phi) is 10.5. The topological polar surface area (TPSA) is 195 Å². The van der Waals surface area contributed by atoms with E-state index in [0.29, 0.717) is 12.1 Å². The highest BCUT2D eigenvalue weighted by Gasteiger charge is 2.33. The molecule has 0 saturated carbocycles. The molecule has 2 heterocycles. The molecule has 2 aromatic heterocycles. The Labute approximate surface area is 231 Å². The molecule has 210 valence electrons. The summed E-state index contributed by atoms with van der Waals surface area (Å²) in [6.45, 7) is 3.63. The Hall–Kier alpha value is -3.84. The largest absolute Gasteiger partial charge is 0.480 e. The molecule has 3 amide bonds. The van der Waals surface area contributed by atoms with Gasteiger partial charge in [0.2, 0.25) is 17.7 Å². The Morgan fingerprint density at radius 3 is 2.38 bits per heavy atom. The molecule has 3 aromatic rings. The predicted molar refractivity (Wildman–Crippen MR) is 149 cm³/mol. The molecule has 5 atom stereocenters. The number of imidazole rings is 1. The van der Waals surface area contributed by atoms with Gasteiger partial charge in [-0.05, 0) is 17.5 Å². The first-order valence-electron chi connectivity index (χ1n) is 12.7. The number of carbonyl (C=O) groups is 4. The van der Waals surface area contributed by atoms with Crippen molar-refractivity contribution in [1.29, 1.82) is 0 Å². The minimum Gasteiger partial charge on any atom is -0.480 e. The summed E-state index contributed by atoms with van der Waals surface area (Å²) < 4.78 is 0. The lowest BCUT2D eigenvalue weighted by atomic mass is 9.96. The van der Waals surface area contributed by atoms with Crippen LogP contribution in [0, 0.1) is 5.92 Å². The highest BCUT2D eigenvalue weighted by Crippen LogP contribution is 2.19. The van der Waals surface area contributed by atoms with Gasteiger partial charge in [-0.1, -0.05) is 38.5 Å². The number of rotatable bonds is 14. The van der Waals surface area contributed by atoms with Crippen molar-refractivity contribution in [2.75, 3.05) is 5.75 Å². The second-order valence-electron chi connectivity index (χ2n) is 9.47. The lowest BCUT2D eigenvalue weighted by Crippen LogP contribution is -2.59. The first-order valence-corrected chi connectivity index (χ1v) is 13.3. The van der Waals surface area contributed by atoms with E-state index in [1.807, 2.05) is 31.2 Å². The van der Waals surface area contributed by atoms with Gasteiger partial charge in [-0.3, -0.25) is 14.4 Å². The van der Waals surface area contributed by atoms with Gasteiger partial charge < -0.3 is 36.8 Å². The lowest BCUT2D eigenvalue weighted by molar-refractivity contribution is -0.142. The van der Waals surface area contributed by atoms with Crippen LogP contribution in [-0.4, -0.2) is 73.7 Å². The van der Waals surface area contributed by atoms with Crippen LogP contribution in [0.2, 0.25) is 0 Å². The second kappa shape index (κ2) is 13.8. The van der Waals surface area contributed by atoms with Crippen LogP contribution in [0.4, 0.5) is 0 Å². The maximum Gasteiger partial charge on any atom is 0.326 e. The minimum atomic E-state index is -1.24. The van der Waals surface area contributed by atoms with Gasteiger partial charge in [0.05, 0.1) is 12.4 Å². The van der Waals surface area contributed by atoms with E-state index in [-0.39, 0.29) is 24.5 Å². The lowest BCUT2D eigenvalue weighted by Gasteiger charge is -2.28. The minimum absolute atomic E-state index is 0.0108. The van der Waals surface area contributed by atoms with Crippen LogP contribution >= 0.6 is 12.6 Å². The number of nitrogens with one attached hydrogen (secondary N) is 5. The third kappa shape index (κ3) is 7.83. The van der Waals surface area contributed by atoms with Crippen molar-refractivity contribution < 1.29 is 24.3 Å². The zero-order valence-electron chi connectivity index (χ0n) is 21.8. The van der Waals surface area contributed by atoms with Gasteiger partial charge in [0.15, 0.2) is 0 Å². The molecule has 0 bridgehead atoms. The Balaban J connectivity index is 1.82. The van der Waals surface area contributed by atoms with Crippen LogP contribution in [0.1, 0.15) is 31.5 Å². The molecule has 0 saturated heterocycles. The molecular weight excluding hydrogens is 522 g/mol. The predicted octanol–water partition coefficient (Wildman–Crippen LogP) is 0.518. The number of aromatic nitrogens is 3. The number of nitrogens with zero attached hydrogens (tertiary/aromatic N) is 1. The van der Waals surface area contributed by atoms with Crippen molar-refractivity contribution in [2.24, 2.45) is 11.7 Å². The van der Waals surface area contributed by atoms with Crippen LogP contribution < -0.4 is 21.7 Å². The van der Waals surface area contributed by atoms with Gasteiger partial charge in [0.1, 0.15) is 18.1 Å². The number of nitrogens with two attached hydrogens (primary N) is 1. The maximum atomic E-state index is 13.6. The number of thiol groups is 1. The number of carboxylic acid groups (broad SMARTS) is 1. The molecule has 39 heavy (non-hydrogen) atoms. The number of aliphatic carboxylic acids is 1. The molecule has 3 rings (SSSR count). The molecule has 12 nitrogen and oxygen atoms in total. The zero-order chi connectivity index (χ0) is 28.5. The number of hydrogen-bond acceptors (Lipinski definition) is 7. The SMILES string of the molecule is CCC(C)C(NC(=O)C(Cc1c[nH]c2ccccc12)NC(=O)C(N)CS)C(=O)NC(Cc1cnc[nH]1)C(=O)O. The smallest absolute Gasteiger partial charge is 0.326 e. The molecule has 0 radical (unpaired) electrons.